The van der Waals surface area contributed by atoms with E-state index in [4.69, 9.17) is 16.3 Å². The van der Waals surface area contributed by atoms with E-state index in [0.717, 1.165) is 0 Å². The van der Waals surface area contributed by atoms with Crippen LogP contribution >= 0.6 is 11.6 Å². The highest BCUT2D eigenvalue weighted by Crippen LogP contribution is 2.23. The number of esters is 1. The first-order chi connectivity index (χ1) is 12.9. The Hall–Kier alpha value is -3.45. The molecule has 1 atom stereocenters. The molecule has 10 nitrogen and oxygen atoms in total. The number of amides is 1. The van der Waals surface area contributed by atoms with Crippen LogP contribution in [-0.2, 0) is 20.7 Å². The number of nitrogens with zero attached hydrogens (tertiary/aromatic N) is 4. The third-order valence-electron chi connectivity index (χ3n) is 3.42. The van der Waals surface area contributed by atoms with Crippen molar-refractivity contribution in [3.05, 3.63) is 40.8 Å². The van der Waals surface area contributed by atoms with Gasteiger partial charge in [-0.2, -0.15) is 10.5 Å². The molecular weight excluding hydrogens is 374 g/mol. The molecule has 0 aliphatic rings. The Bertz CT molecular complexity index is 890. The lowest BCUT2D eigenvalue weighted by molar-refractivity contribution is -0.144. The van der Waals surface area contributed by atoms with Crippen molar-refractivity contribution in [1.82, 2.24) is 25.9 Å². The minimum atomic E-state index is -0.871. The van der Waals surface area contributed by atoms with E-state index in [0.29, 0.717) is 16.3 Å². The van der Waals surface area contributed by atoms with Gasteiger partial charge in [-0.05, 0) is 29.0 Å². The number of allylic oxidation sites excluding steroid dienone is 1. The van der Waals surface area contributed by atoms with Crippen molar-refractivity contribution in [2.45, 2.75) is 19.4 Å². The van der Waals surface area contributed by atoms with Gasteiger partial charge in [0.05, 0.1) is 7.11 Å². The van der Waals surface area contributed by atoms with Crippen molar-refractivity contribution < 1.29 is 14.3 Å². The Labute approximate surface area is 159 Å². The van der Waals surface area contributed by atoms with Crippen LogP contribution in [0.4, 0.5) is 5.69 Å². The number of methoxy groups -OCH3 is 1. The quantitative estimate of drug-likeness (QED) is 0.470. The number of hydrogen-bond acceptors (Lipinski definition) is 8. The van der Waals surface area contributed by atoms with E-state index in [1.165, 1.54) is 20.2 Å². The number of rotatable bonds is 7. The lowest BCUT2D eigenvalue weighted by Crippen LogP contribution is -2.42. The highest BCUT2D eigenvalue weighted by molar-refractivity contribution is 6.31. The summed E-state index contributed by atoms with van der Waals surface area (Å²) in [6, 6.07) is 6.11. The Morgan fingerprint density at radius 2 is 2.26 bits per heavy atom. The zero-order valence-electron chi connectivity index (χ0n) is 14.5. The molecule has 0 radical (unpaired) electrons. The molecule has 0 fully saturated rings. The smallest absolute Gasteiger partial charge is 0.328 e. The highest BCUT2D eigenvalue weighted by atomic mass is 35.5. The van der Waals surface area contributed by atoms with E-state index in [1.54, 1.807) is 18.2 Å². The summed E-state index contributed by atoms with van der Waals surface area (Å²) in [5.41, 5.74) is 1.39. The minimum absolute atomic E-state index is 0.139. The van der Waals surface area contributed by atoms with E-state index in [1.807, 2.05) is 6.07 Å². The Kier molecular flexibility index (Phi) is 6.85. The number of tetrazole rings is 1. The zero-order chi connectivity index (χ0) is 19.8. The molecule has 0 saturated heterocycles. The largest absolute Gasteiger partial charge is 0.467 e. The summed E-state index contributed by atoms with van der Waals surface area (Å²) in [5, 5.41) is 28.2. The maximum Gasteiger partial charge on any atom is 0.328 e. The molecule has 1 amide bonds. The molecule has 0 aliphatic carbocycles. The van der Waals surface area contributed by atoms with Crippen molar-refractivity contribution in [3.8, 4) is 6.07 Å². The van der Waals surface area contributed by atoms with Crippen LogP contribution in [-0.4, -0.2) is 45.7 Å². The second-order valence-corrected chi connectivity index (χ2v) is 5.74. The first-order valence-electron chi connectivity index (χ1n) is 7.68. The van der Waals surface area contributed by atoms with E-state index in [2.05, 4.69) is 31.3 Å². The number of halogens is 1. The van der Waals surface area contributed by atoms with Crippen molar-refractivity contribution in [3.63, 3.8) is 0 Å². The van der Waals surface area contributed by atoms with Crippen LogP contribution in [0.25, 0.3) is 5.57 Å². The number of ether oxygens (including phenoxy) is 1. The summed E-state index contributed by atoms with van der Waals surface area (Å²) >= 11 is 6.20. The number of carbonyl (C=O) groups excluding carboxylic acids is 2. The van der Waals surface area contributed by atoms with Gasteiger partial charge in [0.2, 0.25) is 11.7 Å². The third-order valence-corrected chi connectivity index (χ3v) is 3.79. The first-order valence-corrected chi connectivity index (χ1v) is 8.06. The average Bonchev–Trinajstić information content (AvgIpc) is 3.17. The summed E-state index contributed by atoms with van der Waals surface area (Å²) in [6.45, 7) is 1.31. The topological polar surface area (TPSA) is 146 Å². The van der Waals surface area contributed by atoms with Gasteiger partial charge in [0.1, 0.15) is 17.7 Å². The molecule has 27 heavy (non-hydrogen) atoms. The number of nitriles is 1. The molecule has 2 rings (SSSR count). The van der Waals surface area contributed by atoms with Gasteiger partial charge in [-0.1, -0.05) is 11.6 Å². The second-order valence-electron chi connectivity index (χ2n) is 5.34. The average molecular weight is 390 g/mol. The van der Waals surface area contributed by atoms with Crippen LogP contribution in [0.3, 0.4) is 0 Å². The van der Waals surface area contributed by atoms with Crippen LogP contribution in [0.5, 0.6) is 0 Å². The van der Waals surface area contributed by atoms with Gasteiger partial charge in [0.25, 0.3) is 0 Å². The summed E-state index contributed by atoms with van der Waals surface area (Å²) in [7, 11) is 1.24. The molecule has 1 aromatic heterocycles. The Morgan fingerprint density at radius 3 is 2.85 bits per heavy atom. The lowest BCUT2D eigenvalue weighted by Gasteiger charge is -2.17. The van der Waals surface area contributed by atoms with Gasteiger partial charge in [0.15, 0.2) is 0 Å². The summed E-state index contributed by atoms with van der Waals surface area (Å²) in [5.74, 6) is -0.795. The SMILES string of the molecule is COC(=O)C(Cc1cc(NC=C(C#N)c2nn[nH]n2)ccc1Cl)NC(C)=O. The predicted octanol–water partition coefficient (Wildman–Crippen LogP) is 1.05. The standard InChI is InChI=1S/C16H16ClN7O3/c1-9(25)20-14(16(26)27-2)6-10-5-12(3-4-13(10)17)19-8-11(7-18)15-21-23-24-22-15/h3-5,8,14,19H,6H2,1-2H3,(H,20,25)(H,21,22,23,24). The van der Waals surface area contributed by atoms with Crippen molar-refractivity contribution in [2.24, 2.45) is 0 Å². The number of hydrogen-bond donors (Lipinski definition) is 3. The number of nitrogens with one attached hydrogen (secondary N) is 3. The summed E-state index contributed by atoms with van der Waals surface area (Å²) in [4.78, 5) is 23.2. The van der Waals surface area contributed by atoms with Crippen LogP contribution in [0.1, 0.15) is 18.3 Å². The summed E-state index contributed by atoms with van der Waals surface area (Å²) in [6.07, 6.45) is 1.56. The normalized spacial score (nSPS) is 12.0. The van der Waals surface area contributed by atoms with Gasteiger partial charge in [-0.15, -0.1) is 10.2 Å². The van der Waals surface area contributed by atoms with Crippen LogP contribution < -0.4 is 10.6 Å². The highest BCUT2D eigenvalue weighted by Gasteiger charge is 2.22. The van der Waals surface area contributed by atoms with Crippen molar-refractivity contribution in [2.75, 3.05) is 12.4 Å². The zero-order valence-corrected chi connectivity index (χ0v) is 15.2. The number of aromatic nitrogens is 4. The molecule has 11 heteroatoms. The first kappa shape index (κ1) is 19.9. The number of benzene rings is 1. The fourth-order valence-electron chi connectivity index (χ4n) is 2.20. The van der Waals surface area contributed by atoms with E-state index < -0.39 is 12.0 Å². The molecule has 140 valence electrons. The molecule has 0 saturated carbocycles. The van der Waals surface area contributed by atoms with Gasteiger partial charge in [0, 0.05) is 30.3 Å². The van der Waals surface area contributed by atoms with Crippen molar-refractivity contribution in [1.29, 1.82) is 5.26 Å². The third kappa shape index (κ3) is 5.52. The molecular formula is C16H16ClN7O3. The molecule has 0 bridgehead atoms. The fourth-order valence-corrected chi connectivity index (χ4v) is 2.39. The maximum absolute atomic E-state index is 11.9. The lowest BCUT2D eigenvalue weighted by atomic mass is 10.0. The molecule has 1 heterocycles. The van der Waals surface area contributed by atoms with Gasteiger partial charge >= 0.3 is 5.97 Å². The van der Waals surface area contributed by atoms with Crippen LogP contribution in [0, 0.1) is 11.3 Å². The Morgan fingerprint density at radius 1 is 1.48 bits per heavy atom. The molecule has 2 aromatic rings. The molecule has 1 unspecified atom stereocenters. The van der Waals surface area contributed by atoms with E-state index in [-0.39, 0.29) is 23.7 Å². The van der Waals surface area contributed by atoms with Gasteiger partial charge in [-0.25, -0.2) is 4.79 Å². The Balaban J connectivity index is 2.21. The number of H-pyrrole nitrogens is 1. The summed E-state index contributed by atoms with van der Waals surface area (Å²) < 4.78 is 4.71. The van der Waals surface area contributed by atoms with E-state index >= 15 is 0 Å². The van der Waals surface area contributed by atoms with Gasteiger partial charge < -0.3 is 15.4 Å². The predicted molar refractivity (Wildman–Crippen MR) is 96.2 cm³/mol. The number of carbonyl (C=O) groups is 2. The van der Waals surface area contributed by atoms with Crippen molar-refractivity contribution >= 4 is 34.7 Å². The molecule has 1 aromatic carbocycles. The number of aromatic amines is 1. The minimum Gasteiger partial charge on any atom is -0.467 e. The molecule has 3 N–H and O–H groups in total. The number of anilines is 1. The van der Waals surface area contributed by atoms with Crippen LogP contribution in [0.15, 0.2) is 24.4 Å². The molecule has 0 aliphatic heterocycles. The van der Waals surface area contributed by atoms with Gasteiger partial charge in [-0.3, -0.25) is 4.79 Å². The fraction of sp³-hybridized carbons (Fsp3) is 0.250. The monoisotopic (exact) mass is 389 g/mol. The maximum atomic E-state index is 11.9. The van der Waals surface area contributed by atoms with Crippen LogP contribution in [0.2, 0.25) is 5.02 Å². The second kappa shape index (κ2) is 9.30. The van der Waals surface area contributed by atoms with E-state index in [9.17, 15) is 14.9 Å². The molecule has 0 spiro atoms.